The van der Waals surface area contributed by atoms with Crippen LogP contribution in [0.15, 0.2) is 53.4 Å². The van der Waals surface area contributed by atoms with Gasteiger partial charge in [-0.05, 0) is 36.4 Å². The number of anilines is 1. The van der Waals surface area contributed by atoms with E-state index in [4.69, 9.17) is 0 Å². The van der Waals surface area contributed by atoms with Gasteiger partial charge in [0.05, 0.1) is 5.69 Å². The number of fused-ring (bicyclic) bond motifs is 1. The Balaban J connectivity index is 1.95. The fraction of sp³-hybridized carbons (Fsp3) is 0.133. The lowest BCUT2D eigenvalue weighted by Gasteiger charge is -2.29. The van der Waals surface area contributed by atoms with E-state index in [2.05, 4.69) is 0 Å². The minimum Gasteiger partial charge on any atom is -0.306 e. The van der Waals surface area contributed by atoms with Crippen molar-refractivity contribution in [2.24, 2.45) is 0 Å². The van der Waals surface area contributed by atoms with Crippen molar-refractivity contribution in [2.45, 2.75) is 4.90 Å². The second-order valence-corrected chi connectivity index (χ2v) is 5.42. The number of carbonyl (C=O) groups excluding carboxylic acids is 1. The van der Waals surface area contributed by atoms with E-state index in [1.807, 2.05) is 24.3 Å². The van der Waals surface area contributed by atoms with Crippen LogP contribution < -0.4 is 4.90 Å². The van der Waals surface area contributed by atoms with E-state index in [9.17, 15) is 9.18 Å². The van der Waals surface area contributed by atoms with Gasteiger partial charge in [0.15, 0.2) is 0 Å². The molecule has 1 aliphatic rings. The van der Waals surface area contributed by atoms with Crippen molar-refractivity contribution < 1.29 is 9.18 Å². The predicted molar refractivity (Wildman–Crippen MR) is 75.2 cm³/mol. The number of amides is 1. The van der Waals surface area contributed by atoms with E-state index >= 15 is 0 Å². The van der Waals surface area contributed by atoms with Crippen LogP contribution in [0.3, 0.4) is 0 Å². The summed E-state index contributed by atoms with van der Waals surface area (Å²) in [6.07, 6.45) is 0. The summed E-state index contributed by atoms with van der Waals surface area (Å²) < 4.78 is 12.9. The average Bonchev–Trinajstić information content (AvgIpc) is 2.47. The predicted octanol–water partition coefficient (Wildman–Crippen LogP) is 3.58. The lowest BCUT2D eigenvalue weighted by atomic mass is 10.1. The molecule has 0 radical (unpaired) electrons. The van der Waals surface area contributed by atoms with Crippen molar-refractivity contribution in [1.82, 2.24) is 0 Å². The third-order valence-electron chi connectivity index (χ3n) is 3.06. The normalized spacial score (nSPS) is 14.1. The van der Waals surface area contributed by atoms with Gasteiger partial charge in [0.25, 0.3) is 5.91 Å². The number of carbonyl (C=O) groups is 1. The fourth-order valence-electron chi connectivity index (χ4n) is 2.13. The number of thioether (sulfide) groups is 1. The largest absolute Gasteiger partial charge is 0.306 e. The van der Waals surface area contributed by atoms with Crippen molar-refractivity contribution in [3.8, 4) is 0 Å². The molecule has 0 aromatic heterocycles. The smallest absolute Gasteiger partial charge is 0.258 e. The van der Waals surface area contributed by atoms with Crippen molar-refractivity contribution in [2.75, 3.05) is 17.2 Å². The molecule has 0 N–H and O–H groups in total. The quantitative estimate of drug-likeness (QED) is 0.791. The van der Waals surface area contributed by atoms with Gasteiger partial charge in [0.1, 0.15) is 5.82 Å². The molecule has 0 fully saturated rings. The zero-order valence-corrected chi connectivity index (χ0v) is 11.0. The Kier molecular flexibility index (Phi) is 3.25. The van der Waals surface area contributed by atoms with Crippen LogP contribution in [0.1, 0.15) is 10.4 Å². The molecule has 0 unspecified atom stereocenters. The van der Waals surface area contributed by atoms with Crippen LogP contribution in [0.4, 0.5) is 10.1 Å². The fourth-order valence-corrected chi connectivity index (χ4v) is 3.12. The third-order valence-corrected chi connectivity index (χ3v) is 4.11. The molecule has 4 heteroatoms. The van der Waals surface area contributed by atoms with Crippen molar-refractivity contribution in [1.29, 1.82) is 0 Å². The number of benzene rings is 2. The first-order valence-electron chi connectivity index (χ1n) is 6.05. The Morgan fingerprint density at radius 3 is 2.63 bits per heavy atom. The molecule has 0 saturated carbocycles. The zero-order chi connectivity index (χ0) is 13.2. The van der Waals surface area contributed by atoms with Gasteiger partial charge in [-0.2, -0.15) is 0 Å². The molecule has 1 aliphatic heterocycles. The number of hydrogen-bond acceptors (Lipinski definition) is 2. The molecule has 0 saturated heterocycles. The molecule has 1 heterocycles. The molecule has 0 atom stereocenters. The van der Waals surface area contributed by atoms with Crippen molar-refractivity contribution in [3.05, 3.63) is 59.9 Å². The maximum Gasteiger partial charge on any atom is 0.258 e. The second-order valence-electron chi connectivity index (χ2n) is 4.28. The molecule has 0 aliphatic carbocycles. The van der Waals surface area contributed by atoms with E-state index in [0.29, 0.717) is 12.1 Å². The van der Waals surface area contributed by atoms with Crippen LogP contribution in [0.5, 0.6) is 0 Å². The first-order chi connectivity index (χ1) is 9.25. The topological polar surface area (TPSA) is 20.3 Å². The van der Waals surface area contributed by atoms with Gasteiger partial charge >= 0.3 is 0 Å². The van der Waals surface area contributed by atoms with Gasteiger partial charge in [0, 0.05) is 22.8 Å². The summed E-state index contributed by atoms with van der Waals surface area (Å²) in [5.41, 5.74) is 1.45. The zero-order valence-electron chi connectivity index (χ0n) is 10.2. The maximum absolute atomic E-state index is 12.9. The highest BCUT2D eigenvalue weighted by Crippen LogP contribution is 2.34. The lowest BCUT2D eigenvalue weighted by Crippen LogP contribution is -2.35. The molecule has 2 nitrogen and oxygen atoms in total. The van der Waals surface area contributed by atoms with Crippen LogP contribution in [-0.2, 0) is 0 Å². The second kappa shape index (κ2) is 5.05. The van der Waals surface area contributed by atoms with E-state index in [-0.39, 0.29) is 11.7 Å². The highest BCUT2D eigenvalue weighted by atomic mass is 32.2. The minimum absolute atomic E-state index is 0.0762. The molecule has 1 amide bonds. The molecule has 2 aromatic carbocycles. The molecule has 96 valence electrons. The summed E-state index contributed by atoms with van der Waals surface area (Å²) in [6, 6.07) is 13.6. The molecular formula is C15H12FNOS. The number of para-hydroxylation sites is 1. The van der Waals surface area contributed by atoms with Gasteiger partial charge in [-0.15, -0.1) is 11.8 Å². The van der Waals surface area contributed by atoms with Gasteiger partial charge in [-0.1, -0.05) is 12.1 Å². The van der Waals surface area contributed by atoms with Gasteiger partial charge in [-0.3, -0.25) is 4.79 Å². The Morgan fingerprint density at radius 1 is 1.11 bits per heavy atom. The number of rotatable bonds is 1. The number of nitrogens with zero attached hydrogens (tertiary/aromatic N) is 1. The number of halogens is 1. The highest BCUT2D eigenvalue weighted by Gasteiger charge is 2.23. The van der Waals surface area contributed by atoms with Crippen LogP contribution >= 0.6 is 11.8 Å². The van der Waals surface area contributed by atoms with Crippen molar-refractivity contribution >= 4 is 23.4 Å². The molecular weight excluding hydrogens is 261 g/mol. The number of hydrogen-bond donors (Lipinski definition) is 0. The molecule has 0 spiro atoms. The lowest BCUT2D eigenvalue weighted by molar-refractivity contribution is 0.0987. The van der Waals surface area contributed by atoms with E-state index in [1.165, 1.54) is 24.3 Å². The Hall–Kier alpha value is -1.81. The van der Waals surface area contributed by atoms with Crippen LogP contribution in [0.25, 0.3) is 0 Å². The maximum atomic E-state index is 12.9. The van der Waals surface area contributed by atoms with E-state index in [1.54, 1.807) is 16.7 Å². The third kappa shape index (κ3) is 2.36. The van der Waals surface area contributed by atoms with Gasteiger partial charge in [-0.25, -0.2) is 4.39 Å². The molecule has 19 heavy (non-hydrogen) atoms. The summed E-state index contributed by atoms with van der Waals surface area (Å²) in [5, 5.41) is 0. The highest BCUT2D eigenvalue weighted by molar-refractivity contribution is 7.99. The summed E-state index contributed by atoms with van der Waals surface area (Å²) >= 11 is 1.75. The summed E-state index contributed by atoms with van der Waals surface area (Å²) in [4.78, 5) is 15.3. The van der Waals surface area contributed by atoms with Crippen molar-refractivity contribution in [3.63, 3.8) is 0 Å². The van der Waals surface area contributed by atoms with Gasteiger partial charge in [0.2, 0.25) is 0 Å². The first-order valence-corrected chi connectivity index (χ1v) is 7.03. The Morgan fingerprint density at radius 2 is 1.84 bits per heavy atom. The van der Waals surface area contributed by atoms with E-state index < -0.39 is 0 Å². The summed E-state index contributed by atoms with van der Waals surface area (Å²) in [5.74, 6) is 0.475. The Bertz CT molecular complexity index is 612. The van der Waals surface area contributed by atoms with Gasteiger partial charge < -0.3 is 4.90 Å². The SMILES string of the molecule is O=C(c1ccc(F)cc1)N1CCSc2ccccc21. The summed E-state index contributed by atoms with van der Waals surface area (Å²) in [6.45, 7) is 0.678. The molecule has 3 rings (SSSR count). The molecule has 2 aromatic rings. The average molecular weight is 273 g/mol. The van der Waals surface area contributed by atoms with Crippen LogP contribution in [0.2, 0.25) is 0 Å². The standard InChI is InChI=1S/C15H12FNOS/c16-12-7-5-11(6-8-12)15(18)17-9-10-19-14-4-2-1-3-13(14)17/h1-8H,9-10H2. The van der Waals surface area contributed by atoms with E-state index in [0.717, 1.165) is 16.3 Å². The first kappa shape index (κ1) is 12.2. The minimum atomic E-state index is -0.328. The summed E-state index contributed by atoms with van der Waals surface area (Å²) in [7, 11) is 0. The molecule has 0 bridgehead atoms. The van der Waals surface area contributed by atoms with Crippen LogP contribution in [0, 0.1) is 5.82 Å². The monoisotopic (exact) mass is 273 g/mol. The Labute approximate surface area is 115 Å². The van der Waals surface area contributed by atoms with Crippen LogP contribution in [-0.4, -0.2) is 18.2 Å².